The number of hydrogen-bond acceptors (Lipinski definition) is 6. The molecule has 1 aromatic carbocycles. The van der Waals surface area contributed by atoms with Crippen LogP contribution in [0.25, 0.3) is 0 Å². The third-order valence-corrected chi connectivity index (χ3v) is 3.64. The standard InChI is InChI=1S/C17H21ClN2O5/c1-20(10-8-16(22)19-12-21)9-7-13(24-2)11-25-17(23)14-5-3-4-6-15(14)18/h3-6,8,10,12-13H,7,9,11H2,1-2H3,(H,19,21,22)/b10-8-. The van der Waals surface area contributed by atoms with Gasteiger partial charge in [0.2, 0.25) is 6.41 Å². The van der Waals surface area contributed by atoms with Crippen LogP contribution in [0.5, 0.6) is 0 Å². The van der Waals surface area contributed by atoms with E-state index >= 15 is 0 Å². The molecule has 0 spiro atoms. The van der Waals surface area contributed by atoms with Crippen LogP contribution in [0.3, 0.4) is 0 Å². The molecule has 0 aromatic heterocycles. The molecule has 136 valence electrons. The predicted molar refractivity (Wildman–Crippen MR) is 93.1 cm³/mol. The topological polar surface area (TPSA) is 84.9 Å². The van der Waals surface area contributed by atoms with Crippen LogP contribution >= 0.6 is 11.6 Å². The largest absolute Gasteiger partial charge is 0.459 e. The Hall–Kier alpha value is -2.38. The Balaban J connectivity index is 2.41. The van der Waals surface area contributed by atoms with Crippen LogP contribution in [0.1, 0.15) is 16.8 Å². The summed E-state index contributed by atoms with van der Waals surface area (Å²) in [5, 5.41) is 2.34. The molecule has 0 aliphatic heterocycles. The molecule has 7 nitrogen and oxygen atoms in total. The van der Waals surface area contributed by atoms with Crippen LogP contribution in [0, 0.1) is 0 Å². The number of hydrogen-bond donors (Lipinski definition) is 1. The number of esters is 1. The quantitative estimate of drug-likeness (QED) is 0.384. The molecule has 0 aliphatic carbocycles. The first-order valence-corrected chi connectivity index (χ1v) is 7.92. The van der Waals surface area contributed by atoms with E-state index in [4.69, 9.17) is 21.1 Å². The van der Waals surface area contributed by atoms with Crippen LogP contribution < -0.4 is 5.32 Å². The van der Waals surface area contributed by atoms with Gasteiger partial charge in [-0.25, -0.2) is 4.79 Å². The lowest BCUT2D eigenvalue weighted by atomic mass is 10.2. The summed E-state index contributed by atoms with van der Waals surface area (Å²) in [6.45, 7) is 0.650. The van der Waals surface area contributed by atoms with Crippen molar-refractivity contribution in [2.45, 2.75) is 12.5 Å². The zero-order valence-corrected chi connectivity index (χ0v) is 14.9. The maximum absolute atomic E-state index is 12.0. The highest BCUT2D eigenvalue weighted by molar-refractivity contribution is 6.33. The maximum Gasteiger partial charge on any atom is 0.339 e. The lowest BCUT2D eigenvalue weighted by Crippen LogP contribution is -2.26. The summed E-state index contributed by atoms with van der Waals surface area (Å²) in [5.74, 6) is -1.01. The zero-order chi connectivity index (χ0) is 18.7. The molecule has 1 N–H and O–H groups in total. The van der Waals surface area contributed by atoms with Crippen molar-refractivity contribution in [3.63, 3.8) is 0 Å². The van der Waals surface area contributed by atoms with E-state index in [0.29, 0.717) is 30.0 Å². The summed E-state index contributed by atoms with van der Waals surface area (Å²) in [6.07, 6.45) is 3.38. The van der Waals surface area contributed by atoms with Crippen molar-refractivity contribution < 1.29 is 23.9 Å². The summed E-state index contributed by atoms with van der Waals surface area (Å²) >= 11 is 5.95. The third kappa shape index (κ3) is 7.82. The minimum Gasteiger partial charge on any atom is -0.459 e. The minimum atomic E-state index is -0.508. The molecular formula is C17H21ClN2O5. The number of halogens is 1. The van der Waals surface area contributed by atoms with Crippen LogP contribution in [0.2, 0.25) is 5.02 Å². The number of nitrogens with one attached hydrogen (secondary N) is 1. The van der Waals surface area contributed by atoms with Gasteiger partial charge in [-0.3, -0.25) is 14.9 Å². The molecule has 1 unspecified atom stereocenters. The van der Waals surface area contributed by atoms with Gasteiger partial charge in [-0.05, 0) is 18.6 Å². The van der Waals surface area contributed by atoms with Crippen molar-refractivity contribution in [2.75, 3.05) is 27.3 Å². The van der Waals surface area contributed by atoms with E-state index < -0.39 is 11.9 Å². The highest BCUT2D eigenvalue weighted by atomic mass is 35.5. The zero-order valence-electron chi connectivity index (χ0n) is 14.1. The van der Waals surface area contributed by atoms with Gasteiger partial charge in [0, 0.05) is 33.0 Å². The Morgan fingerprint density at radius 2 is 2.08 bits per heavy atom. The normalized spacial score (nSPS) is 11.8. The van der Waals surface area contributed by atoms with Crippen molar-refractivity contribution in [1.82, 2.24) is 10.2 Å². The monoisotopic (exact) mass is 368 g/mol. The van der Waals surface area contributed by atoms with Gasteiger partial charge < -0.3 is 14.4 Å². The smallest absolute Gasteiger partial charge is 0.339 e. The molecular weight excluding hydrogens is 348 g/mol. The Kier molecular flexibility index (Phi) is 9.28. The van der Waals surface area contributed by atoms with E-state index in [1.165, 1.54) is 13.2 Å². The van der Waals surface area contributed by atoms with Crippen molar-refractivity contribution >= 4 is 29.9 Å². The first-order chi connectivity index (χ1) is 12.0. The Labute approximate surface area is 151 Å². The average Bonchev–Trinajstić information content (AvgIpc) is 2.60. The van der Waals surface area contributed by atoms with Crippen molar-refractivity contribution in [3.05, 3.63) is 47.1 Å². The molecule has 0 heterocycles. The van der Waals surface area contributed by atoms with Gasteiger partial charge in [-0.1, -0.05) is 23.7 Å². The van der Waals surface area contributed by atoms with Gasteiger partial charge in [0.1, 0.15) is 6.61 Å². The Bertz CT molecular complexity index is 621. The molecule has 0 saturated heterocycles. The molecule has 1 rings (SSSR count). The minimum absolute atomic E-state index is 0.0870. The fourth-order valence-corrected chi connectivity index (χ4v) is 2.08. The number of ether oxygens (including phenoxy) is 2. The molecule has 0 bridgehead atoms. The molecule has 1 aromatic rings. The summed E-state index contributed by atoms with van der Waals surface area (Å²) in [6, 6.07) is 6.65. The fraction of sp³-hybridized carbons (Fsp3) is 0.353. The van der Waals surface area contributed by atoms with E-state index in [9.17, 15) is 14.4 Å². The second-order valence-electron chi connectivity index (χ2n) is 5.15. The van der Waals surface area contributed by atoms with Gasteiger partial charge in [-0.2, -0.15) is 0 Å². The van der Waals surface area contributed by atoms with E-state index in [-0.39, 0.29) is 12.7 Å². The van der Waals surface area contributed by atoms with Crippen molar-refractivity contribution in [3.8, 4) is 0 Å². The summed E-state index contributed by atoms with van der Waals surface area (Å²) < 4.78 is 10.5. The molecule has 1 atom stereocenters. The third-order valence-electron chi connectivity index (χ3n) is 3.31. The van der Waals surface area contributed by atoms with Crippen LogP contribution in [-0.4, -0.2) is 56.6 Å². The molecule has 0 radical (unpaired) electrons. The number of carbonyl (C=O) groups is 3. The first kappa shape index (κ1) is 20.7. The number of methoxy groups -OCH3 is 1. The van der Waals surface area contributed by atoms with E-state index in [0.717, 1.165) is 0 Å². The summed E-state index contributed by atoms with van der Waals surface area (Å²) in [7, 11) is 3.30. The van der Waals surface area contributed by atoms with Gasteiger partial charge in [0.05, 0.1) is 16.7 Å². The lowest BCUT2D eigenvalue weighted by molar-refractivity contribution is -0.121. The first-order valence-electron chi connectivity index (χ1n) is 7.55. The number of carbonyl (C=O) groups excluding carboxylic acids is 3. The van der Waals surface area contributed by atoms with Gasteiger partial charge >= 0.3 is 5.97 Å². The second-order valence-corrected chi connectivity index (χ2v) is 5.55. The van der Waals surface area contributed by atoms with E-state index in [1.807, 2.05) is 5.32 Å². The maximum atomic E-state index is 12.0. The SMILES string of the molecule is COC(CCN(C)/C=C\C(=O)NC=O)COC(=O)c1ccccc1Cl. The predicted octanol–water partition coefficient (Wildman–Crippen LogP) is 1.62. The molecule has 0 saturated carbocycles. The van der Waals surface area contributed by atoms with Crippen LogP contribution in [-0.2, 0) is 19.1 Å². The van der Waals surface area contributed by atoms with Crippen LogP contribution in [0.15, 0.2) is 36.5 Å². The molecule has 25 heavy (non-hydrogen) atoms. The van der Waals surface area contributed by atoms with Crippen molar-refractivity contribution in [1.29, 1.82) is 0 Å². The number of imide groups is 1. The van der Waals surface area contributed by atoms with Gasteiger partial charge in [0.25, 0.3) is 5.91 Å². The highest BCUT2D eigenvalue weighted by Gasteiger charge is 2.15. The Morgan fingerprint density at radius 3 is 2.72 bits per heavy atom. The second kappa shape index (κ2) is 11.2. The molecule has 0 fully saturated rings. The van der Waals surface area contributed by atoms with Crippen molar-refractivity contribution in [2.24, 2.45) is 0 Å². The van der Waals surface area contributed by atoms with E-state index in [2.05, 4.69) is 0 Å². The number of rotatable bonds is 10. The highest BCUT2D eigenvalue weighted by Crippen LogP contribution is 2.16. The van der Waals surface area contributed by atoms with E-state index in [1.54, 1.807) is 42.4 Å². The Morgan fingerprint density at radius 1 is 1.36 bits per heavy atom. The van der Waals surface area contributed by atoms with Crippen LogP contribution in [0.4, 0.5) is 0 Å². The number of amides is 2. The summed E-state index contributed by atoms with van der Waals surface area (Å²) in [4.78, 5) is 35.0. The fourth-order valence-electron chi connectivity index (χ4n) is 1.87. The van der Waals surface area contributed by atoms with Gasteiger partial charge in [-0.15, -0.1) is 0 Å². The number of benzene rings is 1. The average molecular weight is 369 g/mol. The molecule has 0 aliphatic rings. The molecule has 2 amide bonds. The number of nitrogens with zero attached hydrogens (tertiary/aromatic N) is 1. The summed E-state index contributed by atoms with van der Waals surface area (Å²) in [5.41, 5.74) is 0.306. The van der Waals surface area contributed by atoms with Gasteiger partial charge in [0.15, 0.2) is 0 Å². The molecule has 8 heteroatoms. The lowest BCUT2D eigenvalue weighted by Gasteiger charge is -2.19.